The molecule has 1 aliphatic rings. The maximum atomic E-state index is 12.1. The topological polar surface area (TPSA) is 82.7 Å². The van der Waals surface area contributed by atoms with Gasteiger partial charge in [-0.2, -0.15) is 5.10 Å². The van der Waals surface area contributed by atoms with Gasteiger partial charge in [0, 0.05) is 28.9 Å². The van der Waals surface area contributed by atoms with Crippen LogP contribution in [0.1, 0.15) is 40.8 Å². The summed E-state index contributed by atoms with van der Waals surface area (Å²) in [6.07, 6.45) is 4.05. The highest BCUT2D eigenvalue weighted by Gasteiger charge is 2.35. The number of aromatic amines is 1. The SMILES string of the molecule is Cc1csc([C@@H](NC(=O)NCc2cn[nH]c2C)C2CC2)n1. The van der Waals surface area contributed by atoms with Crippen molar-refractivity contribution in [1.82, 2.24) is 25.8 Å². The van der Waals surface area contributed by atoms with Crippen molar-refractivity contribution in [1.29, 1.82) is 0 Å². The number of aromatic nitrogens is 3. The molecule has 1 fully saturated rings. The largest absolute Gasteiger partial charge is 0.334 e. The quantitative estimate of drug-likeness (QED) is 0.793. The van der Waals surface area contributed by atoms with Gasteiger partial charge >= 0.3 is 6.03 Å². The zero-order valence-corrected chi connectivity index (χ0v) is 13.0. The molecule has 2 heterocycles. The van der Waals surface area contributed by atoms with Gasteiger partial charge in [-0.3, -0.25) is 5.10 Å². The molecule has 2 aromatic heterocycles. The van der Waals surface area contributed by atoms with Crippen LogP contribution in [0, 0.1) is 19.8 Å². The summed E-state index contributed by atoms with van der Waals surface area (Å²) in [6, 6.07) is -0.116. The van der Waals surface area contributed by atoms with Crippen molar-refractivity contribution >= 4 is 17.4 Å². The van der Waals surface area contributed by atoms with Crippen molar-refractivity contribution < 1.29 is 4.79 Å². The van der Waals surface area contributed by atoms with E-state index >= 15 is 0 Å². The zero-order valence-electron chi connectivity index (χ0n) is 12.1. The molecule has 21 heavy (non-hydrogen) atoms. The predicted molar refractivity (Wildman–Crippen MR) is 81.0 cm³/mol. The summed E-state index contributed by atoms with van der Waals surface area (Å²) >= 11 is 1.62. The fraction of sp³-hybridized carbons (Fsp3) is 0.500. The molecule has 7 heteroatoms. The number of thiazole rings is 1. The summed E-state index contributed by atoms with van der Waals surface area (Å²) in [4.78, 5) is 16.6. The Hall–Kier alpha value is -1.89. The molecular weight excluding hydrogens is 286 g/mol. The lowest BCUT2D eigenvalue weighted by Crippen LogP contribution is -2.38. The molecule has 0 unspecified atom stereocenters. The second-order valence-electron chi connectivity index (χ2n) is 5.49. The summed E-state index contributed by atoms with van der Waals surface area (Å²) in [6.45, 7) is 4.39. The fourth-order valence-electron chi connectivity index (χ4n) is 2.25. The Morgan fingerprint density at radius 2 is 2.33 bits per heavy atom. The molecule has 1 aliphatic carbocycles. The van der Waals surface area contributed by atoms with Gasteiger partial charge in [-0.25, -0.2) is 9.78 Å². The molecular formula is C14H19N5OS. The Bertz CT molecular complexity index is 631. The molecule has 6 nitrogen and oxygen atoms in total. The van der Waals surface area contributed by atoms with E-state index in [-0.39, 0.29) is 12.1 Å². The van der Waals surface area contributed by atoms with Gasteiger partial charge in [0.1, 0.15) is 5.01 Å². The van der Waals surface area contributed by atoms with E-state index in [9.17, 15) is 4.79 Å². The minimum atomic E-state index is -0.152. The third kappa shape index (κ3) is 3.41. The molecule has 1 saturated carbocycles. The highest BCUT2D eigenvalue weighted by atomic mass is 32.1. The van der Waals surface area contributed by atoms with E-state index in [4.69, 9.17) is 0 Å². The first-order valence-corrected chi connectivity index (χ1v) is 7.96. The van der Waals surface area contributed by atoms with Crippen LogP contribution in [0.3, 0.4) is 0 Å². The first-order valence-electron chi connectivity index (χ1n) is 7.08. The van der Waals surface area contributed by atoms with E-state index in [0.717, 1.165) is 34.8 Å². The standard InChI is InChI=1S/C14H19N5OS/c1-8-7-21-13(17-8)12(10-3-4-10)18-14(20)15-5-11-6-16-19-9(11)2/h6-7,10,12H,3-5H2,1-2H3,(H,16,19)(H2,15,18,20)/t12-/m0/s1. The van der Waals surface area contributed by atoms with Gasteiger partial charge in [-0.1, -0.05) is 0 Å². The van der Waals surface area contributed by atoms with Gasteiger partial charge in [0.15, 0.2) is 0 Å². The van der Waals surface area contributed by atoms with E-state index < -0.39 is 0 Å². The third-order valence-corrected chi connectivity index (χ3v) is 4.70. The minimum Gasteiger partial charge on any atom is -0.334 e. The maximum Gasteiger partial charge on any atom is 0.315 e. The molecule has 112 valence electrons. The highest BCUT2D eigenvalue weighted by Crippen LogP contribution is 2.41. The van der Waals surface area contributed by atoms with Crippen LogP contribution in [-0.4, -0.2) is 21.2 Å². The molecule has 3 rings (SSSR count). The smallest absolute Gasteiger partial charge is 0.315 e. The average Bonchev–Trinajstić information content (AvgIpc) is 3.08. The van der Waals surface area contributed by atoms with Crippen LogP contribution in [-0.2, 0) is 6.54 Å². The number of aryl methyl sites for hydroxylation is 2. The Labute approximate surface area is 127 Å². The molecule has 3 N–H and O–H groups in total. The van der Waals surface area contributed by atoms with Crippen molar-refractivity contribution in [3.63, 3.8) is 0 Å². The molecule has 2 aromatic rings. The number of hydrogen-bond acceptors (Lipinski definition) is 4. The van der Waals surface area contributed by atoms with Crippen LogP contribution < -0.4 is 10.6 Å². The number of amides is 2. The number of carbonyl (C=O) groups excluding carboxylic acids is 1. The van der Waals surface area contributed by atoms with Gasteiger partial charge in [-0.15, -0.1) is 11.3 Å². The number of nitrogens with one attached hydrogen (secondary N) is 3. The molecule has 0 bridgehead atoms. The Kier molecular flexibility index (Phi) is 3.92. The van der Waals surface area contributed by atoms with Crippen LogP contribution in [0.15, 0.2) is 11.6 Å². The number of nitrogens with zero attached hydrogens (tertiary/aromatic N) is 2. The Morgan fingerprint density at radius 1 is 1.52 bits per heavy atom. The molecule has 0 aliphatic heterocycles. The van der Waals surface area contributed by atoms with Crippen molar-refractivity contribution in [2.24, 2.45) is 5.92 Å². The lowest BCUT2D eigenvalue weighted by atomic mass is 10.2. The van der Waals surface area contributed by atoms with Crippen LogP contribution >= 0.6 is 11.3 Å². The second-order valence-corrected chi connectivity index (χ2v) is 6.38. The van der Waals surface area contributed by atoms with Crippen LogP contribution in [0.5, 0.6) is 0 Å². The summed E-state index contributed by atoms with van der Waals surface area (Å²) in [5.74, 6) is 0.525. The van der Waals surface area contributed by atoms with E-state index in [1.165, 1.54) is 0 Å². The summed E-state index contributed by atoms with van der Waals surface area (Å²) in [5.41, 5.74) is 2.99. The fourth-order valence-corrected chi connectivity index (χ4v) is 3.19. The van der Waals surface area contributed by atoms with E-state index in [0.29, 0.717) is 12.5 Å². The number of H-pyrrole nitrogens is 1. The van der Waals surface area contributed by atoms with E-state index in [1.807, 2.05) is 19.2 Å². The van der Waals surface area contributed by atoms with Crippen molar-refractivity contribution in [2.75, 3.05) is 0 Å². The molecule has 2 amide bonds. The van der Waals surface area contributed by atoms with Crippen molar-refractivity contribution in [2.45, 2.75) is 39.3 Å². The normalized spacial score (nSPS) is 15.7. The van der Waals surface area contributed by atoms with Gasteiger partial charge < -0.3 is 10.6 Å². The molecule has 0 saturated heterocycles. The maximum absolute atomic E-state index is 12.1. The molecule has 0 aromatic carbocycles. The van der Waals surface area contributed by atoms with Gasteiger partial charge in [0.05, 0.1) is 12.2 Å². The summed E-state index contributed by atoms with van der Waals surface area (Å²) < 4.78 is 0. The second kappa shape index (κ2) is 5.85. The monoisotopic (exact) mass is 305 g/mol. The van der Waals surface area contributed by atoms with Crippen LogP contribution in [0.2, 0.25) is 0 Å². The Balaban J connectivity index is 1.58. The number of hydrogen-bond donors (Lipinski definition) is 3. The van der Waals surface area contributed by atoms with Crippen molar-refractivity contribution in [3.8, 4) is 0 Å². The summed E-state index contributed by atoms with van der Waals surface area (Å²) in [7, 11) is 0. The van der Waals surface area contributed by atoms with Gasteiger partial charge in [0.25, 0.3) is 0 Å². The zero-order chi connectivity index (χ0) is 14.8. The summed E-state index contributed by atoms with van der Waals surface area (Å²) in [5, 5.41) is 15.8. The average molecular weight is 305 g/mol. The molecule has 1 atom stereocenters. The van der Waals surface area contributed by atoms with Gasteiger partial charge in [-0.05, 0) is 32.6 Å². The van der Waals surface area contributed by atoms with Gasteiger partial charge in [0.2, 0.25) is 0 Å². The number of urea groups is 1. The highest BCUT2D eigenvalue weighted by molar-refractivity contribution is 7.09. The third-order valence-electron chi connectivity index (χ3n) is 3.66. The molecule has 0 radical (unpaired) electrons. The first-order chi connectivity index (χ1) is 10.1. The minimum absolute atomic E-state index is 0.0362. The molecule has 0 spiro atoms. The van der Waals surface area contributed by atoms with Crippen LogP contribution in [0.25, 0.3) is 0 Å². The predicted octanol–water partition coefficient (Wildman–Crippen LogP) is 2.43. The lowest BCUT2D eigenvalue weighted by Gasteiger charge is -2.16. The lowest BCUT2D eigenvalue weighted by molar-refractivity contribution is 0.235. The number of carbonyl (C=O) groups is 1. The first kappa shape index (κ1) is 14.1. The van der Waals surface area contributed by atoms with Crippen molar-refractivity contribution in [3.05, 3.63) is 33.5 Å². The van der Waals surface area contributed by atoms with E-state index in [1.54, 1.807) is 17.5 Å². The van der Waals surface area contributed by atoms with Crippen LogP contribution in [0.4, 0.5) is 4.79 Å². The Morgan fingerprint density at radius 3 is 2.90 bits per heavy atom. The number of rotatable bonds is 5. The van der Waals surface area contributed by atoms with E-state index in [2.05, 4.69) is 25.8 Å².